The quantitative estimate of drug-likeness (QED) is 0.852. The minimum atomic E-state index is -4.37. The Bertz CT molecular complexity index is 474. The van der Waals surface area contributed by atoms with Crippen LogP contribution in [0.25, 0.3) is 0 Å². The summed E-state index contributed by atoms with van der Waals surface area (Å²) >= 11 is 6.14. The predicted molar refractivity (Wildman–Crippen MR) is 85.8 cm³/mol. The van der Waals surface area contributed by atoms with Crippen LogP contribution < -0.4 is 5.32 Å². The Kier molecular flexibility index (Phi) is 7.46. The molecule has 0 radical (unpaired) electrons. The minimum Gasteiger partial charge on any atom is -0.314 e. The van der Waals surface area contributed by atoms with E-state index in [0.29, 0.717) is 6.42 Å². The van der Waals surface area contributed by atoms with Gasteiger partial charge in [0.15, 0.2) is 0 Å². The Morgan fingerprint density at radius 3 is 2.45 bits per heavy atom. The molecule has 0 unspecified atom stereocenters. The highest BCUT2D eigenvalue weighted by Gasteiger charge is 2.37. The average molecular weight is 357 g/mol. The van der Waals surface area contributed by atoms with Crippen molar-refractivity contribution >= 4 is 24.0 Å². The van der Waals surface area contributed by atoms with Crippen LogP contribution in [0.1, 0.15) is 36.9 Å². The highest BCUT2D eigenvalue weighted by atomic mass is 35.5. The SMILES string of the molecule is CCC[C@H](c1c(Cl)cccc1C(F)(F)F)N1CCNCC1.Cl. The number of benzene rings is 1. The fraction of sp³-hybridized carbons (Fsp3) is 0.600. The molecule has 7 heteroatoms. The van der Waals surface area contributed by atoms with Crippen molar-refractivity contribution < 1.29 is 13.2 Å². The first-order valence-electron chi connectivity index (χ1n) is 7.25. The van der Waals surface area contributed by atoms with Crippen molar-refractivity contribution in [2.24, 2.45) is 0 Å². The first kappa shape index (κ1) is 19.6. The molecule has 1 aromatic carbocycles. The van der Waals surface area contributed by atoms with Crippen molar-refractivity contribution in [2.75, 3.05) is 26.2 Å². The van der Waals surface area contributed by atoms with Gasteiger partial charge in [-0.1, -0.05) is 31.0 Å². The van der Waals surface area contributed by atoms with E-state index in [9.17, 15) is 13.2 Å². The van der Waals surface area contributed by atoms with Gasteiger partial charge in [-0.05, 0) is 18.6 Å². The molecule has 1 aromatic rings. The van der Waals surface area contributed by atoms with Crippen molar-refractivity contribution in [3.63, 3.8) is 0 Å². The second-order valence-electron chi connectivity index (χ2n) is 5.29. The Morgan fingerprint density at radius 1 is 1.27 bits per heavy atom. The van der Waals surface area contributed by atoms with Crippen LogP contribution in [0.5, 0.6) is 0 Å². The molecule has 1 saturated heterocycles. The maximum atomic E-state index is 13.3. The van der Waals surface area contributed by atoms with Gasteiger partial charge >= 0.3 is 6.18 Å². The fourth-order valence-corrected chi connectivity index (χ4v) is 3.20. The molecule has 0 amide bonds. The van der Waals surface area contributed by atoms with Crippen molar-refractivity contribution in [3.05, 3.63) is 34.3 Å². The second kappa shape index (κ2) is 8.39. The number of piperazine rings is 1. The van der Waals surface area contributed by atoms with Gasteiger partial charge in [0, 0.05) is 42.8 Å². The average Bonchev–Trinajstić information content (AvgIpc) is 2.45. The van der Waals surface area contributed by atoms with Crippen LogP contribution in [0.3, 0.4) is 0 Å². The van der Waals surface area contributed by atoms with Gasteiger partial charge in [0.2, 0.25) is 0 Å². The van der Waals surface area contributed by atoms with Crippen LogP contribution in [0, 0.1) is 0 Å². The smallest absolute Gasteiger partial charge is 0.314 e. The van der Waals surface area contributed by atoms with E-state index in [2.05, 4.69) is 10.2 Å². The van der Waals surface area contributed by atoms with E-state index < -0.39 is 11.7 Å². The molecule has 1 aliphatic rings. The lowest BCUT2D eigenvalue weighted by Crippen LogP contribution is -2.45. The highest BCUT2D eigenvalue weighted by Crippen LogP contribution is 2.41. The molecule has 1 heterocycles. The third kappa shape index (κ3) is 4.51. The van der Waals surface area contributed by atoms with Gasteiger partial charge < -0.3 is 5.32 Å². The summed E-state index contributed by atoms with van der Waals surface area (Å²) in [6.07, 6.45) is -2.88. The first-order chi connectivity index (χ1) is 9.95. The molecule has 1 N–H and O–H groups in total. The molecule has 2 nitrogen and oxygen atoms in total. The lowest BCUT2D eigenvalue weighted by molar-refractivity contribution is -0.138. The summed E-state index contributed by atoms with van der Waals surface area (Å²) in [5, 5.41) is 3.44. The largest absolute Gasteiger partial charge is 0.416 e. The zero-order valence-electron chi connectivity index (χ0n) is 12.4. The molecule has 0 aliphatic carbocycles. The summed E-state index contributed by atoms with van der Waals surface area (Å²) in [6.45, 7) is 5.07. The van der Waals surface area contributed by atoms with Crippen LogP contribution >= 0.6 is 24.0 Å². The van der Waals surface area contributed by atoms with Crippen LogP contribution in [0.15, 0.2) is 18.2 Å². The summed E-state index contributed by atoms with van der Waals surface area (Å²) in [7, 11) is 0. The Balaban J connectivity index is 0.00000242. The maximum absolute atomic E-state index is 13.3. The molecule has 2 rings (SSSR count). The van der Waals surface area contributed by atoms with Gasteiger partial charge in [0.25, 0.3) is 0 Å². The lowest BCUT2D eigenvalue weighted by Gasteiger charge is -2.36. The number of nitrogens with one attached hydrogen (secondary N) is 1. The summed E-state index contributed by atoms with van der Waals surface area (Å²) < 4.78 is 39.9. The molecular weight excluding hydrogens is 336 g/mol. The molecular formula is C15H21Cl2F3N2. The standard InChI is InChI=1S/C15H20ClF3N2.ClH/c1-2-4-13(21-9-7-20-8-10-21)14-11(15(17,18)19)5-3-6-12(14)16;/h3,5-6,13,20H,2,4,7-10H2,1H3;1H/t13-;/m1./s1. The minimum absolute atomic E-state index is 0. The monoisotopic (exact) mass is 356 g/mol. The van der Waals surface area contributed by atoms with Gasteiger partial charge in [-0.15, -0.1) is 12.4 Å². The normalized spacial score (nSPS) is 17.9. The number of alkyl halides is 3. The molecule has 1 aliphatic heterocycles. The van der Waals surface area contributed by atoms with E-state index in [1.807, 2.05) is 6.92 Å². The van der Waals surface area contributed by atoms with Crippen LogP contribution in [0.2, 0.25) is 5.02 Å². The van der Waals surface area contributed by atoms with Gasteiger partial charge in [-0.25, -0.2) is 0 Å². The molecule has 0 spiro atoms. The molecule has 1 fully saturated rings. The number of hydrogen-bond acceptors (Lipinski definition) is 2. The van der Waals surface area contributed by atoms with E-state index in [1.165, 1.54) is 6.07 Å². The third-order valence-electron chi connectivity index (χ3n) is 3.85. The van der Waals surface area contributed by atoms with Crippen molar-refractivity contribution in [1.82, 2.24) is 10.2 Å². The lowest BCUT2D eigenvalue weighted by atomic mass is 9.94. The Morgan fingerprint density at radius 2 is 1.91 bits per heavy atom. The van der Waals surface area contributed by atoms with E-state index in [-0.39, 0.29) is 29.0 Å². The van der Waals surface area contributed by atoms with E-state index in [1.54, 1.807) is 6.07 Å². The Hall–Kier alpha value is -0.490. The summed E-state index contributed by atoms with van der Waals surface area (Å²) in [5.41, 5.74) is -0.373. The number of halogens is 5. The molecule has 1 atom stereocenters. The molecule has 22 heavy (non-hydrogen) atoms. The zero-order valence-corrected chi connectivity index (χ0v) is 14.0. The fourth-order valence-electron chi connectivity index (χ4n) is 2.90. The molecule has 0 bridgehead atoms. The van der Waals surface area contributed by atoms with Gasteiger partial charge in [-0.2, -0.15) is 13.2 Å². The second-order valence-corrected chi connectivity index (χ2v) is 5.70. The summed E-state index contributed by atoms with van der Waals surface area (Å²) in [4.78, 5) is 2.11. The molecule has 126 valence electrons. The predicted octanol–water partition coefficient (Wildman–Crippen LogP) is 4.53. The van der Waals surface area contributed by atoms with E-state index >= 15 is 0 Å². The van der Waals surface area contributed by atoms with Crippen LogP contribution in [-0.2, 0) is 6.18 Å². The van der Waals surface area contributed by atoms with Crippen molar-refractivity contribution in [2.45, 2.75) is 32.0 Å². The number of rotatable bonds is 4. The number of hydrogen-bond donors (Lipinski definition) is 1. The van der Waals surface area contributed by atoms with E-state index in [4.69, 9.17) is 11.6 Å². The van der Waals surface area contributed by atoms with Crippen molar-refractivity contribution in [1.29, 1.82) is 0 Å². The maximum Gasteiger partial charge on any atom is 0.416 e. The zero-order chi connectivity index (χ0) is 15.5. The summed E-state index contributed by atoms with van der Waals surface area (Å²) in [6, 6.07) is 3.78. The van der Waals surface area contributed by atoms with Gasteiger partial charge in [0.1, 0.15) is 0 Å². The first-order valence-corrected chi connectivity index (χ1v) is 7.63. The van der Waals surface area contributed by atoms with Gasteiger partial charge in [0.05, 0.1) is 5.56 Å². The summed E-state index contributed by atoms with van der Waals surface area (Å²) in [5.74, 6) is 0. The number of nitrogens with zero attached hydrogens (tertiary/aromatic N) is 1. The van der Waals surface area contributed by atoms with E-state index in [0.717, 1.165) is 38.7 Å². The van der Waals surface area contributed by atoms with Gasteiger partial charge in [-0.3, -0.25) is 4.90 Å². The topological polar surface area (TPSA) is 15.3 Å². The van der Waals surface area contributed by atoms with Crippen molar-refractivity contribution in [3.8, 4) is 0 Å². The van der Waals surface area contributed by atoms with Crippen LogP contribution in [0.4, 0.5) is 13.2 Å². The van der Waals surface area contributed by atoms with Crippen LogP contribution in [-0.4, -0.2) is 31.1 Å². The highest BCUT2D eigenvalue weighted by molar-refractivity contribution is 6.31. The Labute approximate surface area is 140 Å². The molecule has 0 saturated carbocycles. The molecule has 0 aromatic heterocycles. The third-order valence-corrected chi connectivity index (χ3v) is 4.18.